The van der Waals surface area contributed by atoms with Gasteiger partial charge in [-0.2, -0.15) is 0 Å². The molecule has 2 rings (SSSR count). The van der Waals surface area contributed by atoms with Crippen molar-refractivity contribution in [2.75, 3.05) is 12.0 Å². The average molecular weight is 251 g/mol. The Morgan fingerprint density at radius 2 is 2.06 bits per heavy atom. The summed E-state index contributed by atoms with van der Waals surface area (Å²) in [6.45, 7) is 1.37. The minimum absolute atomic E-state index is 0.0317. The van der Waals surface area contributed by atoms with Crippen molar-refractivity contribution in [3.63, 3.8) is 0 Å². The fourth-order valence-corrected chi connectivity index (χ4v) is 1.92. The SMILES string of the molecule is COC(=O)[C@H](C)N1C(=O)C(=O)c2cccc(F)c21. The maximum absolute atomic E-state index is 13.7. The Morgan fingerprint density at radius 3 is 2.67 bits per heavy atom. The minimum Gasteiger partial charge on any atom is -0.467 e. The van der Waals surface area contributed by atoms with Crippen LogP contribution in [0.2, 0.25) is 0 Å². The molecule has 0 aromatic heterocycles. The lowest BCUT2D eigenvalue weighted by Gasteiger charge is -2.22. The number of esters is 1. The van der Waals surface area contributed by atoms with Gasteiger partial charge in [0.2, 0.25) is 0 Å². The van der Waals surface area contributed by atoms with Gasteiger partial charge in [-0.3, -0.25) is 14.5 Å². The van der Waals surface area contributed by atoms with E-state index >= 15 is 0 Å². The van der Waals surface area contributed by atoms with Crippen LogP contribution in [0.1, 0.15) is 17.3 Å². The highest BCUT2D eigenvalue weighted by molar-refractivity contribution is 6.52. The van der Waals surface area contributed by atoms with Crippen LogP contribution in [-0.2, 0) is 14.3 Å². The third kappa shape index (κ3) is 1.57. The van der Waals surface area contributed by atoms with Crippen molar-refractivity contribution in [1.29, 1.82) is 0 Å². The number of Topliss-reactive ketones (excluding diaryl/α,β-unsaturated/α-hetero) is 1. The Balaban J connectivity index is 2.55. The van der Waals surface area contributed by atoms with Gasteiger partial charge in [0, 0.05) is 0 Å². The molecule has 6 heteroatoms. The summed E-state index contributed by atoms with van der Waals surface area (Å²) >= 11 is 0. The summed E-state index contributed by atoms with van der Waals surface area (Å²) in [4.78, 5) is 35.7. The first kappa shape index (κ1) is 12.2. The summed E-state index contributed by atoms with van der Waals surface area (Å²) in [5.41, 5.74) is -0.193. The number of fused-ring (bicyclic) bond motifs is 1. The van der Waals surface area contributed by atoms with Gasteiger partial charge in [0.25, 0.3) is 11.7 Å². The number of ketones is 1. The van der Waals surface area contributed by atoms with Gasteiger partial charge in [0.15, 0.2) is 0 Å². The summed E-state index contributed by atoms with van der Waals surface area (Å²) < 4.78 is 18.2. The van der Waals surface area contributed by atoms with Crippen LogP contribution >= 0.6 is 0 Å². The lowest BCUT2D eigenvalue weighted by molar-refractivity contribution is -0.142. The van der Waals surface area contributed by atoms with Crippen molar-refractivity contribution >= 4 is 23.3 Å². The van der Waals surface area contributed by atoms with Gasteiger partial charge in [-0.1, -0.05) is 6.07 Å². The second-order valence-corrected chi connectivity index (χ2v) is 3.84. The summed E-state index contributed by atoms with van der Waals surface area (Å²) in [6.07, 6.45) is 0. The van der Waals surface area contributed by atoms with E-state index in [4.69, 9.17) is 0 Å². The number of hydrogen-bond donors (Lipinski definition) is 0. The largest absolute Gasteiger partial charge is 0.467 e. The highest BCUT2D eigenvalue weighted by atomic mass is 19.1. The highest BCUT2D eigenvalue weighted by Gasteiger charge is 2.42. The predicted octanol–water partition coefficient (Wildman–Crippen LogP) is 0.916. The zero-order valence-electron chi connectivity index (χ0n) is 9.77. The number of carbonyl (C=O) groups excluding carboxylic acids is 3. The van der Waals surface area contributed by atoms with Gasteiger partial charge >= 0.3 is 5.97 Å². The Labute approximate surface area is 102 Å². The number of anilines is 1. The number of rotatable bonds is 2. The van der Waals surface area contributed by atoms with E-state index in [2.05, 4.69) is 4.74 Å². The Morgan fingerprint density at radius 1 is 1.39 bits per heavy atom. The molecule has 94 valence electrons. The fourth-order valence-electron chi connectivity index (χ4n) is 1.92. The molecule has 1 atom stereocenters. The number of benzene rings is 1. The molecule has 0 unspecified atom stereocenters. The second kappa shape index (κ2) is 4.21. The molecule has 1 heterocycles. The van der Waals surface area contributed by atoms with E-state index in [1.165, 1.54) is 19.1 Å². The van der Waals surface area contributed by atoms with Gasteiger partial charge in [-0.25, -0.2) is 9.18 Å². The van der Waals surface area contributed by atoms with Gasteiger partial charge in [-0.15, -0.1) is 0 Å². The normalized spacial score (nSPS) is 15.6. The number of halogens is 1. The van der Waals surface area contributed by atoms with Crippen LogP contribution < -0.4 is 4.90 Å². The molecule has 1 aliphatic heterocycles. The number of nitrogens with zero attached hydrogens (tertiary/aromatic N) is 1. The summed E-state index contributed by atoms with van der Waals surface area (Å²) in [6, 6.07) is 2.76. The molecule has 0 N–H and O–H groups in total. The quantitative estimate of drug-likeness (QED) is 0.579. The molecule has 0 fully saturated rings. The van der Waals surface area contributed by atoms with Crippen molar-refractivity contribution in [3.8, 4) is 0 Å². The van der Waals surface area contributed by atoms with E-state index in [1.54, 1.807) is 0 Å². The lowest BCUT2D eigenvalue weighted by atomic mass is 10.1. The molecule has 18 heavy (non-hydrogen) atoms. The van der Waals surface area contributed by atoms with Crippen LogP contribution in [0.4, 0.5) is 10.1 Å². The second-order valence-electron chi connectivity index (χ2n) is 3.84. The topological polar surface area (TPSA) is 63.7 Å². The highest BCUT2D eigenvalue weighted by Crippen LogP contribution is 2.33. The monoisotopic (exact) mass is 251 g/mol. The molecule has 0 radical (unpaired) electrons. The van der Waals surface area contributed by atoms with Crippen molar-refractivity contribution in [1.82, 2.24) is 0 Å². The van der Waals surface area contributed by atoms with Crippen LogP contribution in [-0.4, -0.2) is 30.8 Å². The van der Waals surface area contributed by atoms with E-state index in [0.717, 1.165) is 18.1 Å². The molecule has 1 aliphatic rings. The summed E-state index contributed by atoms with van der Waals surface area (Å²) in [5.74, 6) is -3.18. The Hall–Kier alpha value is -2.24. The molecular weight excluding hydrogens is 241 g/mol. The number of para-hydroxylation sites is 1. The first-order valence-electron chi connectivity index (χ1n) is 5.23. The molecule has 0 saturated carbocycles. The van der Waals surface area contributed by atoms with Crippen molar-refractivity contribution < 1.29 is 23.5 Å². The molecule has 5 nitrogen and oxygen atoms in total. The molecule has 1 amide bonds. The summed E-state index contributed by atoms with van der Waals surface area (Å²) in [7, 11) is 1.16. The molecule has 1 aromatic rings. The third-order valence-electron chi connectivity index (χ3n) is 2.81. The third-order valence-corrected chi connectivity index (χ3v) is 2.81. The van der Waals surface area contributed by atoms with Gasteiger partial charge < -0.3 is 4.74 Å². The smallest absolute Gasteiger partial charge is 0.328 e. The number of hydrogen-bond acceptors (Lipinski definition) is 4. The standard InChI is InChI=1S/C12H10FNO4/c1-6(12(17)18-2)14-9-7(10(15)11(14)16)4-3-5-8(9)13/h3-6H,1-2H3/t6-/m0/s1. The molecule has 1 aromatic carbocycles. The average Bonchev–Trinajstić information content (AvgIpc) is 2.62. The van der Waals surface area contributed by atoms with E-state index in [0.29, 0.717) is 0 Å². The zero-order chi connectivity index (χ0) is 13.4. The Bertz CT molecular complexity index is 555. The first-order chi connectivity index (χ1) is 8.49. The van der Waals surface area contributed by atoms with Crippen molar-refractivity contribution in [2.24, 2.45) is 0 Å². The predicted molar refractivity (Wildman–Crippen MR) is 59.7 cm³/mol. The van der Waals surface area contributed by atoms with E-state index < -0.39 is 29.5 Å². The number of ether oxygens (including phenoxy) is 1. The zero-order valence-corrected chi connectivity index (χ0v) is 9.77. The van der Waals surface area contributed by atoms with Crippen LogP contribution in [0.25, 0.3) is 0 Å². The van der Waals surface area contributed by atoms with E-state index in [9.17, 15) is 18.8 Å². The molecule has 0 aliphatic carbocycles. The van der Waals surface area contributed by atoms with Gasteiger partial charge in [-0.05, 0) is 19.1 Å². The van der Waals surface area contributed by atoms with Crippen LogP contribution in [0, 0.1) is 5.82 Å². The van der Waals surface area contributed by atoms with Crippen molar-refractivity contribution in [2.45, 2.75) is 13.0 Å². The number of methoxy groups -OCH3 is 1. The number of carbonyl (C=O) groups is 3. The van der Waals surface area contributed by atoms with Crippen LogP contribution in [0.15, 0.2) is 18.2 Å². The molecule has 0 bridgehead atoms. The van der Waals surface area contributed by atoms with Crippen LogP contribution in [0.3, 0.4) is 0 Å². The van der Waals surface area contributed by atoms with Crippen LogP contribution in [0.5, 0.6) is 0 Å². The first-order valence-corrected chi connectivity index (χ1v) is 5.23. The maximum Gasteiger partial charge on any atom is 0.328 e. The lowest BCUT2D eigenvalue weighted by Crippen LogP contribution is -2.43. The molecular formula is C12H10FNO4. The van der Waals surface area contributed by atoms with Crippen molar-refractivity contribution in [3.05, 3.63) is 29.6 Å². The van der Waals surface area contributed by atoms with Gasteiger partial charge in [0.1, 0.15) is 11.9 Å². The number of amides is 1. The van der Waals surface area contributed by atoms with E-state index in [-0.39, 0.29) is 11.3 Å². The maximum atomic E-state index is 13.7. The van der Waals surface area contributed by atoms with E-state index in [1.807, 2.05) is 0 Å². The molecule has 0 spiro atoms. The fraction of sp³-hybridized carbons (Fsp3) is 0.250. The van der Waals surface area contributed by atoms with Gasteiger partial charge in [0.05, 0.1) is 18.4 Å². The summed E-state index contributed by atoms with van der Waals surface area (Å²) in [5, 5.41) is 0. The Kier molecular flexibility index (Phi) is 2.86. The molecule has 0 saturated heterocycles. The minimum atomic E-state index is -1.05.